The second kappa shape index (κ2) is 5.50. The van der Waals surface area contributed by atoms with Crippen LogP contribution in [0.4, 0.5) is 17.6 Å². The standard InChI is InChI=1S/C12H13F4NOS/c1-11(2,3)19(18)17-7-12(15,16)8-5-4-6-9(13)10(8)14/h4-7H,1-3H3. The first kappa shape index (κ1) is 16.0. The molecule has 7 heteroatoms. The summed E-state index contributed by atoms with van der Waals surface area (Å²) in [5.74, 6) is -6.84. The molecule has 0 saturated heterocycles. The molecule has 1 rings (SSSR count). The molecule has 0 radical (unpaired) electrons. The van der Waals surface area contributed by atoms with Crippen LogP contribution in [0.3, 0.4) is 0 Å². The van der Waals surface area contributed by atoms with E-state index in [1.165, 1.54) is 0 Å². The van der Waals surface area contributed by atoms with Crippen LogP contribution in [0.1, 0.15) is 26.3 Å². The quantitative estimate of drug-likeness (QED) is 0.477. The maximum atomic E-state index is 13.7. The fraction of sp³-hybridized carbons (Fsp3) is 0.417. The number of benzene rings is 1. The second-order valence-corrected chi connectivity index (χ2v) is 6.75. The highest BCUT2D eigenvalue weighted by Crippen LogP contribution is 2.30. The molecule has 1 unspecified atom stereocenters. The highest BCUT2D eigenvalue weighted by atomic mass is 32.2. The molecule has 0 aliphatic carbocycles. The molecule has 106 valence electrons. The number of halogens is 4. The maximum Gasteiger partial charge on any atom is 0.315 e. The van der Waals surface area contributed by atoms with Gasteiger partial charge in [-0.1, -0.05) is 10.5 Å². The molecule has 0 aliphatic rings. The molecule has 0 saturated carbocycles. The molecule has 0 amide bonds. The lowest BCUT2D eigenvalue weighted by atomic mass is 10.1. The van der Waals surface area contributed by atoms with Crippen molar-refractivity contribution < 1.29 is 22.1 Å². The van der Waals surface area contributed by atoms with Crippen LogP contribution < -0.4 is 0 Å². The fourth-order valence-corrected chi connectivity index (χ4v) is 1.65. The average Bonchev–Trinajstić information content (AvgIpc) is 2.28. The summed E-state index contributed by atoms with van der Waals surface area (Å²) in [6.45, 7) is 4.67. The zero-order chi connectivity index (χ0) is 14.8. The predicted octanol–water partition coefficient (Wildman–Crippen LogP) is 3.59. The van der Waals surface area contributed by atoms with E-state index < -0.39 is 39.2 Å². The molecule has 0 N–H and O–H groups in total. The molecule has 0 bridgehead atoms. The molecule has 2 nitrogen and oxygen atoms in total. The molecule has 0 spiro atoms. The zero-order valence-electron chi connectivity index (χ0n) is 10.6. The van der Waals surface area contributed by atoms with E-state index in [1.54, 1.807) is 20.8 Å². The first-order chi connectivity index (χ1) is 8.55. The summed E-state index contributed by atoms with van der Waals surface area (Å²) in [5.41, 5.74) is -1.14. The number of rotatable bonds is 3. The van der Waals surface area contributed by atoms with Gasteiger partial charge in [0.15, 0.2) is 11.6 Å². The lowest BCUT2D eigenvalue weighted by molar-refractivity contribution is 0.0769. The molecule has 19 heavy (non-hydrogen) atoms. The number of nitrogens with zero attached hydrogens (tertiary/aromatic N) is 1. The van der Waals surface area contributed by atoms with Crippen LogP contribution in [0.15, 0.2) is 22.6 Å². The molecule has 0 fully saturated rings. The number of hydrogen-bond acceptors (Lipinski definition) is 2. The minimum atomic E-state index is -3.83. The van der Waals surface area contributed by atoms with Crippen molar-refractivity contribution in [3.63, 3.8) is 0 Å². The summed E-state index contributed by atoms with van der Waals surface area (Å²) in [6, 6.07) is 2.46. The van der Waals surface area contributed by atoms with Crippen molar-refractivity contribution in [3.8, 4) is 0 Å². The molecular weight excluding hydrogens is 282 g/mol. The van der Waals surface area contributed by atoms with Crippen LogP contribution in [0.2, 0.25) is 0 Å². The van der Waals surface area contributed by atoms with Crippen molar-refractivity contribution in [2.24, 2.45) is 4.40 Å². The summed E-state index contributed by atoms with van der Waals surface area (Å²) < 4.78 is 67.4. The van der Waals surface area contributed by atoms with Gasteiger partial charge < -0.3 is 4.55 Å². The summed E-state index contributed by atoms with van der Waals surface area (Å²) in [5, 5.41) is 0. The third-order valence-electron chi connectivity index (χ3n) is 2.15. The third kappa shape index (κ3) is 3.94. The Hall–Kier alpha value is -1.08. The van der Waals surface area contributed by atoms with E-state index in [-0.39, 0.29) is 6.21 Å². The molecule has 1 atom stereocenters. The lowest BCUT2D eigenvalue weighted by Gasteiger charge is -2.19. The minimum Gasteiger partial charge on any atom is -0.591 e. The normalized spacial score (nSPS) is 14.9. The minimum absolute atomic E-state index is 0.0895. The van der Waals surface area contributed by atoms with Gasteiger partial charge in [-0.3, -0.25) is 0 Å². The van der Waals surface area contributed by atoms with Gasteiger partial charge in [0.05, 0.1) is 5.56 Å². The summed E-state index contributed by atoms with van der Waals surface area (Å²) in [6.07, 6.45) is 0.0895. The highest BCUT2D eigenvalue weighted by molar-refractivity contribution is 7.91. The van der Waals surface area contributed by atoms with Crippen LogP contribution in [0.5, 0.6) is 0 Å². The third-order valence-corrected chi connectivity index (χ3v) is 3.49. The predicted molar refractivity (Wildman–Crippen MR) is 66.6 cm³/mol. The van der Waals surface area contributed by atoms with Crippen molar-refractivity contribution in [1.82, 2.24) is 0 Å². The van der Waals surface area contributed by atoms with Gasteiger partial charge in [-0.25, -0.2) is 8.78 Å². The van der Waals surface area contributed by atoms with Crippen LogP contribution >= 0.6 is 0 Å². The van der Waals surface area contributed by atoms with E-state index in [0.29, 0.717) is 0 Å². The van der Waals surface area contributed by atoms with Crippen LogP contribution in [0, 0.1) is 11.6 Å². The van der Waals surface area contributed by atoms with E-state index >= 15 is 0 Å². The molecule has 0 aliphatic heterocycles. The van der Waals surface area contributed by atoms with Crippen LogP contribution in [-0.2, 0) is 17.3 Å². The molecule has 1 aromatic rings. The monoisotopic (exact) mass is 295 g/mol. The first-order valence-electron chi connectivity index (χ1n) is 5.35. The van der Waals surface area contributed by atoms with Crippen molar-refractivity contribution in [1.29, 1.82) is 0 Å². The van der Waals surface area contributed by atoms with Gasteiger partial charge in [0.1, 0.15) is 22.3 Å². The Kier molecular flexibility index (Phi) is 4.63. The summed E-state index contributed by atoms with van der Waals surface area (Å²) in [7, 11) is 0. The van der Waals surface area contributed by atoms with Gasteiger partial charge in [-0.15, -0.1) is 0 Å². The number of hydrogen-bond donors (Lipinski definition) is 0. The van der Waals surface area contributed by atoms with E-state index in [2.05, 4.69) is 4.40 Å². The van der Waals surface area contributed by atoms with Gasteiger partial charge in [0, 0.05) is 0 Å². The Balaban J connectivity index is 3.05. The molecular formula is C12H13F4NOS. The van der Waals surface area contributed by atoms with Gasteiger partial charge in [0.25, 0.3) is 0 Å². The number of alkyl halides is 2. The molecule has 0 heterocycles. The van der Waals surface area contributed by atoms with Crippen molar-refractivity contribution in [2.45, 2.75) is 31.4 Å². The Labute approximate surface area is 111 Å². The Bertz CT molecular complexity index is 485. The van der Waals surface area contributed by atoms with Crippen molar-refractivity contribution in [2.75, 3.05) is 0 Å². The largest absolute Gasteiger partial charge is 0.591 e. The highest BCUT2D eigenvalue weighted by Gasteiger charge is 2.36. The van der Waals surface area contributed by atoms with Gasteiger partial charge in [-0.2, -0.15) is 8.78 Å². The molecule has 0 aromatic heterocycles. The van der Waals surface area contributed by atoms with Gasteiger partial charge in [0.2, 0.25) is 0 Å². The summed E-state index contributed by atoms with van der Waals surface area (Å²) >= 11 is -1.90. The second-order valence-electron chi connectivity index (χ2n) is 4.82. The molecule has 1 aromatic carbocycles. The average molecular weight is 295 g/mol. The van der Waals surface area contributed by atoms with E-state index in [0.717, 1.165) is 18.2 Å². The zero-order valence-corrected chi connectivity index (χ0v) is 11.4. The van der Waals surface area contributed by atoms with Crippen molar-refractivity contribution in [3.05, 3.63) is 35.4 Å². The maximum absolute atomic E-state index is 13.7. The fourth-order valence-electron chi connectivity index (χ4n) is 1.10. The van der Waals surface area contributed by atoms with E-state index in [4.69, 9.17) is 0 Å². The SMILES string of the molecule is CC(C)(C)[S+]([O-])N=CC(F)(F)c1cccc(F)c1F. The van der Waals surface area contributed by atoms with Crippen LogP contribution in [-0.4, -0.2) is 15.5 Å². The van der Waals surface area contributed by atoms with Gasteiger partial charge >= 0.3 is 5.92 Å². The smallest absolute Gasteiger partial charge is 0.315 e. The van der Waals surface area contributed by atoms with Crippen molar-refractivity contribution >= 4 is 17.6 Å². The topological polar surface area (TPSA) is 35.4 Å². The van der Waals surface area contributed by atoms with Crippen LogP contribution in [0.25, 0.3) is 0 Å². The Morgan fingerprint density at radius 2 is 1.79 bits per heavy atom. The first-order valence-corrected chi connectivity index (χ1v) is 6.46. The lowest BCUT2D eigenvalue weighted by Crippen LogP contribution is -2.27. The van der Waals surface area contributed by atoms with E-state index in [1.807, 2.05) is 0 Å². The van der Waals surface area contributed by atoms with E-state index in [9.17, 15) is 22.1 Å². The summed E-state index contributed by atoms with van der Waals surface area (Å²) in [4.78, 5) is 0. The Morgan fingerprint density at radius 1 is 1.21 bits per heavy atom. The Morgan fingerprint density at radius 3 is 2.32 bits per heavy atom. The van der Waals surface area contributed by atoms with Gasteiger partial charge in [-0.05, 0) is 32.9 Å².